The molecule has 0 saturated heterocycles. The number of aliphatic hydroxyl groups is 1. The van der Waals surface area contributed by atoms with Gasteiger partial charge in [-0.2, -0.15) is 0 Å². The number of hydrogen-bond donors (Lipinski definition) is 2. The van der Waals surface area contributed by atoms with Gasteiger partial charge in [0.2, 0.25) is 0 Å². The van der Waals surface area contributed by atoms with E-state index < -0.39 is 18.1 Å². The van der Waals surface area contributed by atoms with Crippen LogP contribution in [0, 0.1) is 0 Å². The number of carbonyl (C=O) groups is 1. The van der Waals surface area contributed by atoms with Gasteiger partial charge < -0.3 is 25.1 Å². The van der Waals surface area contributed by atoms with Crippen LogP contribution in [0.4, 0.5) is 0 Å². The molecule has 0 fully saturated rings. The minimum absolute atomic E-state index is 0. The van der Waals surface area contributed by atoms with Crippen LogP contribution in [0.2, 0.25) is 0 Å². The molecule has 0 amide bonds. The summed E-state index contributed by atoms with van der Waals surface area (Å²) in [5.74, 6) is -1.16. The predicted molar refractivity (Wildman–Crippen MR) is 110 cm³/mol. The van der Waals surface area contributed by atoms with Crippen molar-refractivity contribution in [2.24, 2.45) is 0 Å². The molecule has 162 valence electrons. The molecule has 6 heteroatoms. The fourth-order valence-corrected chi connectivity index (χ4v) is 3.07. The number of aliphatic carboxylic acids is 1. The fraction of sp³-hybridized carbons (Fsp3) is 0.955. The Balaban J connectivity index is 0. The standard InChI is InChI=1S/C22H45NO4.Na/c1-3-4-5-6-7-8-9-10-11-12-13-14-15-16-17-27-19-21(24)18-23-20(2)22(25)26;/h20-21,23-24H,3-19H2,1-2H3,(H,25,26);/q;+1/p-1/t20-,21?;/m1./s1. The van der Waals surface area contributed by atoms with E-state index in [2.05, 4.69) is 12.2 Å². The van der Waals surface area contributed by atoms with E-state index in [0.717, 1.165) is 6.42 Å². The molecule has 5 nitrogen and oxygen atoms in total. The van der Waals surface area contributed by atoms with Gasteiger partial charge in [-0.1, -0.05) is 90.4 Å². The first-order chi connectivity index (χ1) is 13.1. The second kappa shape index (κ2) is 23.6. The molecule has 0 aliphatic rings. The summed E-state index contributed by atoms with van der Waals surface area (Å²) in [5.41, 5.74) is 0. The van der Waals surface area contributed by atoms with Crippen molar-refractivity contribution in [2.75, 3.05) is 19.8 Å². The molecule has 0 rings (SSSR count). The van der Waals surface area contributed by atoms with E-state index in [-0.39, 0.29) is 42.7 Å². The zero-order chi connectivity index (χ0) is 20.2. The molecule has 0 heterocycles. The summed E-state index contributed by atoms with van der Waals surface area (Å²) in [6, 6.07) is -0.759. The van der Waals surface area contributed by atoms with Crippen LogP contribution in [0.3, 0.4) is 0 Å². The number of nitrogens with one attached hydrogen (secondary N) is 1. The minimum atomic E-state index is -1.16. The van der Waals surface area contributed by atoms with Gasteiger partial charge in [0.05, 0.1) is 18.7 Å². The third kappa shape index (κ3) is 22.6. The molecule has 0 spiro atoms. The van der Waals surface area contributed by atoms with Crippen molar-refractivity contribution < 1.29 is 49.3 Å². The molecule has 2 N–H and O–H groups in total. The number of carboxylic acids is 1. The van der Waals surface area contributed by atoms with Crippen molar-refractivity contribution in [1.82, 2.24) is 5.32 Å². The SMILES string of the molecule is CCCCCCCCCCCCCCCCOCC(O)CN[C@H](C)C(=O)[O-].[Na+]. The maximum Gasteiger partial charge on any atom is 1.00 e. The number of carboxylic acid groups (broad SMARTS) is 1. The van der Waals surface area contributed by atoms with Crippen molar-refractivity contribution in [3.63, 3.8) is 0 Å². The topological polar surface area (TPSA) is 81.6 Å². The maximum absolute atomic E-state index is 10.5. The van der Waals surface area contributed by atoms with Crippen LogP contribution in [0.15, 0.2) is 0 Å². The van der Waals surface area contributed by atoms with Gasteiger partial charge in [-0.3, -0.25) is 0 Å². The Morgan fingerprint density at radius 2 is 1.32 bits per heavy atom. The number of unbranched alkanes of at least 4 members (excludes halogenated alkanes) is 13. The molecule has 2 atom stereocenters. The van der Waals surface area contributed by atoms with Gasteiger partial charge in [-0.15, -0.1) is 0 Å². The van der Waals surface area contributed by atoms with E-state index in [1.54, 1.807) is 0 Å². The molecule has 0 aromatic carbocycles. The molecule has 0 aromatic rings. The second-order valence-electron chi connectivity index (χ2n) is 7.77. The van der Waals surface area contributed by atoms with Crippen LogP contribution in [0.5, 0.6) is 0 Å². The first kappa shape index (κ1) is 30.5. The van der Waals surface area contributed by atoms with E-state index in [1.165, 1.54) is 90.4 Å². The third-order valence-electron chi connectivity index (χ3n) is 4.97. The van der Waals surface area contributed by atoms with Crippen LogP contribution in [0.25, 0.3) is 0 Å². The van der Waals surface area contributed by atoms with Crippen LogP contribution < -0.4 is 40.0 Å². The molecular formula is C22H44NNaO4. The minimum Gasteiger partial charge on any atom is -0.548 e. The number of ether oxygens (including phenoxy) is 1. The number of rotatable bonds is 21. The molecule has 28 heavy (non-hydrogen) atoms. The van der Waals surface area contributed by atoms with Crippen LogP contribution in [-0.2, 0) is 9.53 Å². The molecule has 0 radical (unpaired) electrons. The van der Waals surface area contributed by atoms with Crippen molar-refractivity contribution in [2.45, 2.75) is 116 Å². The number of carbonyl (C=O) groups excluding carboxylic acids is 1. The summed E-state index contributed by atoms with van der Waals surface area (Å²) < 4.78 is 5.44. The van der Waals surface area contributed by atoms with Crippen molar-refractivity contribution in [1.29, 1.82) is 0 Å². The van der Waals surface area contributed by atoms with Gasteiger partial charge in [-0.05, 0) is 13.3 Å². The van der Waals surface area contributed by atoms with E-state index in [0.29, 0.717) is 6.61 Å². The van der Waals surface area contributed by atoms with Crippen LogP contribution in [0.1, 0.15) is 104 Å². The Kier molecular flexibility index (Phi) is 25.8. The smallest absolute Gasteiger partial charge is 0.548 e. The number of aliphatic hydroxyl groups excluding tert-OH is 1. The van der Waals surface area contributed by atoms with Gasteiger partial charge in [0.1, 0.15) is 0 Å². The van der Waals surface area contributed by atoms with Gasteiger partial charge in [0, 0.05) is 19.2 Å². The summed E-state index contributed by atoms with van der Waals surface area (Å²) in [6.45, 7) is 4.86. The zero-order valence-corrected chi connectivity index (χ0v) is 20.8. The summed E-state index contributed by atoms with van der Waals surface area (Å²) >= 11 is 0. The molecule has 0 aliphatic heterocycles. The average molecular weight is 410 g/mol. The first-order valence-corrected chi connectivity index (χ1v) is 11.3. The summed E-state index contributed by atoms with van der Waals surface area (Å²) in [4.78, 5) is 10.5. The number of hydrogen-bond acceptors (Lipinski definition) is 5. The Bertz CT molecular complexity index is 332. The second-order valence-corrected chi connectivity index (χ2v) is 7.77. The first-order valence-electron chi connectivity index (χ1n) is 11.3. The molecule has 0 saturated carbocycles. The van der Waals surface area contributed by atoms with Gasteiger partial charge >= 0.3 is 29.6 Å². The summed E-state index contributed by atoms with van der Waals surface area (Å²) in [7, 11) is 0. The van der Waals surface area contributed by atoms with Crippen LogP contribution >= 0.6 is 0 Å². The zero-order valence-electron chi connectivity index (χ0n) is 18.8. The van der Waals surface area contributed by atoms with E-state index in [1.807, 2.05) is 0 Å². The fourth-order valence-electron chi connectivity index (χ4n) is 3.07. The molecule has 1 unspecified atom stereocenters. The van der Waals surface area contributed by atoms with Crippen LogP contribution in [-0.4, -0.2) is 43.0 Å². The Labute approximate surface area is 195 Å². The Morgan fingerprint density at radius 1 is 0.893 bits per heavy atom. The normalized spacial score (nSPS) is 13.1. The summed E-state index contributed by atoms with van der Waals surface area (Å²) in [5, 5.41) is 22.9. The Morgan fingerprint density at radius 3 is 1.75 bits per heavy atom. The average Bonchev–Trinajstić information content (AvgIpc) is 2.65. The molecule has 0 aromatic heterocycles. The summed E-state index contributed by atoms with van der Waals surface area (Å²) in [6.07, 6.45) is 18.0. The largest absolute Gasteiger partial charge is 1.00 e. The maximum atomic E-state index is 10.5. The third-order valence-corrected chi connectivity index (χ3v) is 4.97. The predicted octanol–water partition coefficient (Wildman–Crippen LogP) is 0.577. The molecule has 0 aliphatic carbocycles. The van der Waals surface area contributed by atoms with Crippen molar-refractivity contribution >= 4 is 5.97 Å². The van der Waals surface area contributed by atoms with Gasteiger partial charge in [-0.25, -0.2) is 0 Å². The van der Waals surface area contributed by atoms with Gasteiger partial charge in [0.25, 0.3) is 0 Å². The van der Waals surface area contributed by atoms with Gasteiger partial charge in [0.15, 0.2) is 0 Å². The monoisotopic (exact) mass is 409 g/mol. The quantitative estimate of drug-likeness (QED) is 0.214. The van der Waals surface area contributed by atoms with Crippen molar-refractivity contribution in [3.05, 3.63) is 0 Å². The molecule has 0 bridgehead atoms. The molecular weight excluding hydrogens is 365 g/mol. The van der Waals surface area contributed by atoms with E-state index >= 15 is 0 Å². The van der Waals surface area contributed by atoms with E-state index in [9.17, 15) is 15.0 Å². The van der Waals surface area contributed by atoms with E-state index in [4.69, 9.17) is 4.74 Å². The Hall–Kier alpha value is 0.350. The van der Waals surface area contributed by atoms with Crippen molar-refractivity contribution in [3.8, 4) is 0 Å².